The maximum absolute atomic E-state index is 14.2. The summed E-state index contributed by atoms with van der Waals surface area (Å²) in [5, 5.41) is 0. The SMILES string of the molecule is COc1ncnc2c1nc(CCl)n2-c1c(F)cccc1Br. The van der Waals surface area contributed by atoms with Crippen LogP contribution in [0.15, 0.2) is 29.0 Å². The number of rotatable bonds is 3. The third kappa shape index (κ3) is 2.26. The van der Waals surface area contributed by atoms with E-state index in [2.05, 4.69) is 30.9 Å². The molecule has 21 heavy (non-hydrogen) atoms. The first kappa shape index (κ1) is 14.2. The summed E-state index contributed by atoms with van der Waals surface area (Å²) in [4.78, 5) is 12.5. The van der Waals surface area contributed by atoms with Crippen LogP contribution in [0.5, 0.6) is 5.88 Å². The predicted molar refractivity (Wildman–Crippen MR) is 80.4 cm³/mol. The molecule has 0 saturated heterocycles. The molecule has 5 nitrogen and oxygen atoms in total. The number of halogens is 3. The highest BCUT2D eigenvalue weighted by molar-refractivity contribution is 9.10. The number of imidazole rings is 1. The Morgan fingerprint density at radius 3 is 2.86 bits per heavy atom. The Hall–Kier alpha value is -1.73. The minimum atomic E-state index is -0.410. The Morgan fingerprint density at radius 1 is 1.38 bits per heavy atom. The molecule has 0 atom stereocenters. The second kappa shape index (κ2) is 5.57. The molecule has 0 amide bonds. The van der Waals surface area contributed by atoms with Crippen molar-refractivity contribution in [2.45, 2.75) is 5.88 Å². The summed E-state index contributed by atoms with van der Waals surface area (Å²) in [5.74, 6) is 0.460. The van der Waals surface area contributed by atoms with Crippen molar-refractivity contribution in [1.29, 1.82) is 0 Å². The van der Waals surface area contributed by atoms with E-state index < -0.39 is 5.82 Å². The van der Waals surface area contributed by atoms with E-state index in [9.17, 15) is 4.39 Å². The zero-order chi connectivity index (χ0) is 15.0. The normalized spacial score (nSPS) is 11.0. The van der Waals surface area contributed by atoms with E-state index in [0.717, 1.165) is 0 Å². The molecule has 0 aliphatic carbocycles. The van der Waals surface area contributed by atoms with Crippen molar-refractivity contribution in [3.05, 3.63) is 40.6 Å². The van der Waals surface area contributed by atoms with Gasteiger partial charge in [0.15, 0.2) is 11.2 Å². The molecule has 0 fully saturated rings. The van der Waals surface area contributed by atoms with E-state index in [1.54, 1.807) is 16.7 Å². The lowest BCUT2D eigenvalue weighted by Crippen LogP contribution is -2.04. The Bertz CT molecular complexity index is 803. The summed E-state index contributed by atoms with van der Waals surface area (Å²) in [5.41, 5.74) is 1.17. The zero-order valence-electron chi connectivity index (χ0n) is 10.8. The van der Waals surface area contributed by atoms with E-state index in [4.69, 9.17) is 16.3 Å². The molecular formula is C13H9BrClFN4O. The van der Waals surface area contributed by atoms with E-state index in [1.165, 1.54) is 19.5 Å². The first-order chi connectivity index (χ1) is 10.2. The highest BCUT2D eigenvalue weighted by atomic mass is 79.9. The average molecular weight is 372 g/mol. The molecule has 0 unspecified atom stereocenters. The van der Waals surface area contributed by atoms with E-state index in [0.29, 0.717) is 33.0 Å². The predicted octanol–water partition coefficient (Wildman–Crippen LogP) is 3.46. The molecule has 1 aromatic carbocycles. The molecule has 0 radical (unpaired) electrons. The van der Waals surface area contributed by atoms with Gasteiger partial charge in [-0.3, -0.25) is 4.57 Å². The van der Waals surface area contributed by atoms with E-state index >= 15 is 0 Å². The van der Waals surface area contributed by atoms with Crippen LogP contribution in [0, 0.1) is 5.82 Å². The summed E-state index contributed by atoms with van der Waals surface area (Å²) in [6, 6.07) is 4.71. The smallest absolute Gasteiger partial charge is 0.245 e. The monoisotopic (exact) mass is 370 g/mol. The van der Waals surface area contributed by atoms with Crippen LogP contribution in [-0.4, -0.2) is 26.6 Å². The number of nitrogens with zero attached hydrogens (tertiary/aromatic N) is 4. The van der Waals surface area contributed by atoms with Gasteiger partial charge in [0.2, 0.25) is 5.88 Å². The summed E-state index contributed by atoms with van der Waals surface area (Å²) in [7, 11) is 1.49. The second-order valence-corrected chi connectivity index (χ2v) is 5.24. The zero-order valence-corrected chi connectivity index (χ0v) is 13.2. The van der Waals surface area contributed by atoms with Crippen LogP contribution >= 0.6 is 27.5 Å². The van der Waals surface area contributed by atoms with Gasteiger partial charge in [-0.05, 0) is 28.1 Å². The number of aromatic nitrogens is 4. The Balaban J connectivity index is 2.42. The number of hydrogen-bond acceptors (Lipinski definition) is 4. The molecule has 0 N–H and O–H groups in total. The Morgan fingerprint density at radius 2 is 2.19 bits per heavy atom. The van der Waals surface area contributed by atoms with Crippen molar-refractivity contribution in [2.24, 2.45) is 0 Å². The summed E-state index contributed by atoms with van der Waals surface area (Å²) in [6.07, 6.45) is 1.34. The van der Waals surface area contributed by atoms with E-state index in [-0.39, 0.29) is 5.88 Å². The minimum Gasteiger partial charge on any atom is -0.479 e. The lowest BCUT2D eigenvalue weighted by Gasteiger charge is -2.10. The molecule has 3 rings (SSSR count). The summed E-state index contributed by atoms with van der Waals surface area (Å²) in [6.45, 7) is 0. The molecule has 2 heterocycles. The van der Waals surface area contributed by atoms with Crippen molar-refractivity contribution < 1.29 is 9.13 Å². The molecule has 0 saturated carbocycles. The molecule has 0 bridgehead atoms. The van der Waals surface area contributed by atoms with Crippen molar-refractivity contribution in [3.8, 4) is 11.6 Å². The largest absolute Gasteiger partial charge is 0.479 e. The van der Waals surface area contributed by atoms with Crippen LogP contribution in [0.3, 0.4) is 0 Å². The molecule has 108 valence electrons. The fraction of sp³-hybridized carbons (Fsp3) is 0.154. The van der Waals surface area contributed by atoms with Gasteiger partial charge in [0.25, 0.3) is 0 Å². The van der Waals surface area contributed by atoms with Gasteiger partial charge in [-0.2, -0.15) is 4.98 Å². The van der Waals surface area contributed by atoms with Crippen LogP contribution in [0.2, 0.25) is 0 Å². The van der Waals surface area contributed by atoms with Gasteiger partial charge < -0.3 is 4.74 Å². The van der Waals surface area contributed by atoms with E-state index in [1.807, 2.05) is 0 Å². The Kier molecular flexibility index (Phi) is 3.77. The van der Waals surface area contributed by atoms with Crippen LogP contribution in [0.25, 0.3) is 16.9 Å². The van der Waals surface area contributed by atoms with Crippen molar-refractivity contribution in [3.63, 3.8) is 0 Å². The van der Waals surface area contributed by atoms with Gasteiger partial charge in [0.1, 0.15) is 18.0 Å². The topological polar surface area (TPSA) is 52.8 Å². The van der Waals surface area contributed by atoms with Crippen molar-refractivity contribution in [1.82, 2.24) is 19.5 Å². The van der Waals surface area contributed by atoms with Gasteiger partial charge >= 0.3 is 0 Å². The highest BCUT2D eigenvalue weighted by Gasteiger charge is 2.20. The lowest BCUT2D eigenvalue weighted by atomic mass is 10.3. The molecule has 0 spiro atoms. The minimum absolute atomic E-state index is 0.0975. The number of fused-ring (bicyclic) bond motifs is 1. The highest BCUT2D eigenvalue weighted by Crippen LogP contribution is 2.31. The Labute approximate surface area is 132 Å². The average Bonchev–Trinajstić information content (AvgIpc) is 2.86. The molecular weight excluding hydrogens is 363 g/mol. The molecule has 3 aromatic rings. The molecule has 0 aliphatic rings. The molecule has 0 aliphatic heterocycles. The van der Waals surface area contributed by atoms with Crippen LogP contribution in [-0.2, 0) is 5.88 Å². The standard InChI is InChI=1S/C13H9BrClFN4O/c1-21-13-10-12(17-6-18-13)20(9(5-15)19-10)11-7(14)3-2-4-8(11)16/h2-4,6H,5H2,1H3. The maximum Gasteiger partial charge on any atom is 0.245 e. The third-order valence-electron chi connectivity index (χ3n) is 2.95. The third-order valence-corrected chi connectivity index (χ3v) is 3.83. The maximum atomic E-state index is 14.2. The van der Waals surface area contributed by atoms with Crippen molar-refractivity contribution >= 4 is 38.7 Å². The van der Waals surface area contributed by atoms with Gasteiger partial charge in [0, 0.05) is 4.47 Å². The number of hydrogen-bond donors (Lipinski definition) is 0. The number of alkyl halides is 1. The second-order valence-electron chi connectivity index (χ2n) is 4.12. The van der Waals surface area contributed by atoms with Crippen LogP contribution in [0.4, 0.5) is 4.39 Å². The molecule has 2 aromatic heterocycles. The van der Waals surface area contributed by atoms with Gasteiger partial charge in [-0.25, -0.2) is 14.4 Å². The quantitative estimate of drug-likeness (QED) is 0.662. The van der Waals surface area contributed by atoms with Crippen LogP contribution in [0.1, 0.15) is 5.82 Å². The van der Waals surface area contributed by atoms with Crippen molar-refractivity contribution in [2.75, 3.05) is 7.11 Å². The molecule has 8 heteroatoms. The number of methoxy groups -OCH3 is 1. The van der Waals surface area contributed by atoms with Gasteiger partial charge in [-0.1, -0.05) is 6.07 Å². The number of para-hydroxylation sites is 1. The summed E-state index contributed by atoms with van der Waals surface area (Å²) < 4.78 is 21.5. The first-order valence-corrected chi connectivity index (χ1v) is 7.26. The number of benzene rings is 1. The number of ether oxygens (including phenoxy) is 1. The van der Waals surface area contributed by atoms with Crippen LogP contribution < -0.4 is 4.74 Å². The fourth-order valence-electron chi connectivity index (χ4n) is 2.09. The lowest BCUT2D eigenvalue weighted by molar-refractivity contribution is 0.401. The first-order valence-electron chi connectivity index (χ1n) is 5.94. The van der Waals surface area contributed by atoms with Gasteiger partial charge in [0.05, 0.1) is 18.7 Å². The summed E-state index contributed by atoms with van der Waals surface area (Å²) >= 11 is 9.29. The fourth-order valence-corrected chi connectivity index (χ4v) is 2.79. The van der Waals surface area contributed by atoms with Gasteiger partial charge in [-0.15, -0.1) is 11.6 Å².